The number of carbonyl (C=O) groups excluding carboxylic acids is 2. The zero-order chi connectivity index (χ0) is 18.0. The zero-order valence-electron chi connectivity index (χ0n) is 13.6. The molecule has 0 spiro atoms. The molecule has 0 saturated carbocycles. The molecule has 3 rings (SSSR count). The van der Waals surface area contributed by atoms with Crippen molar-refractivity contribution in [1.82, 2.24) is 9.88 Å². The first-order chi connectivity index (χ1) is 11.9. The summed E-state index contributed by atoms with van der Waals surface area (Å²) in [5.74, 6) is -0.484. The van der Waals surface area contributed by atoms with Gasteiger partial charge in [-0.3, -0.25) is 9.59 Å². The standard InChI is InChI=1S/C18H17Cl2N3O2/c1-11-4-2-5-15(21-11)18(25)23-7-3-6-16(23)17(24)22-14-9-12(19)8-13(20)10-14/h2,4-5,8-10,16H,3,6-7H2,1H3,(H,22,24)/t16-/m1/s1. The van der Waals surface area contributed by atoms with Gasteiger partial charge in [-0.05, 0) is 50.1 Å². The van der Waals surface area contributed by atoms with Gasteiger partial charge in [0.05, 0.1) is 0 Å². The number of benzene rings is 1. The van der Waals surface area contributed by atoms with E-state index in [1.54, 1.807) is 35.2 Å². The predicted octanol–water partition coefficient (Wildman–Crippen LogP) is 3.94. The van der Waals surface area contributed by atoms with Gasteiger partial charge in [-0.15, -0.1) is 0 Å². The van der Waals surface area contributed by atoms with E-state index < -0.39 is 6.04 Å². The highest BCUT2D eigenvalue weighted by Crippen LogP contribution is 2.25. The van der Waals surface area contributed by atoms with Crippen molar-refractivity contribution in [2.24, 2.45) is 0 Å². The molecule has 2 heterocycles. The number of likely N-dealkylation sites (tertiary alicyclic amines) is 1. The molecule has 1 aliphatic rings. The van der Waals surface area contributed by atoms with Crippen LogP contribution in [0.1, 0.15) is 29.0 Å². The van der Waals surface area contributed by atoms with Crippen LogP contribution in [0, 0.1) is 6.92 Å². The average Bonchev–Trinajstić information content (AvgIpc) is 3.02. The molecule has 1 N–H and O–H groups in total. The second kappa shape index (κ2) is 7.42. The van der Waals surface area contributed by atoms with E-state index in [1.165, 1.54) is 0 Å². The summed E-state index contributed by atoms with van der Waals surface area (Å²) in [6.45, 7) is 2.36. The molecule has 1 aromatic heterocycles. The van der Waals surface area contributed by atoms with Crippen LogP contribution in [0.25, 0.3) is 0 Å². The minimum absolute atomic E-state index is 0.231. The van der Waals surface area contributed by atoms with E-state index >= 15 is 0 Å². The molecule has 5 nitrogen and oxygen atoms in total. The van der Waals surface area contributed by atoms with Crippen molar-refractivity contribution in [3.8, 4) is 0 Å². The van der Waals surface area contributed by atoms with E-state index in [0.29, 0.717) is 34.4 Å². The van der Waals surface area contributed by atoms with E-state index in [2.05, 4.69) is 10.3 Å². The summed E-state index contributed by atoms with van der Waals surface area (Å²) in [7, 11) is 0. The lowest BCUT2D eigenvalue weighted by molar-refractivity contribution is -0.119. The number of aryl methyl sites for hydroxylation is 1. The maximum Gasteiger partial charge on any atom is 0.273 e. The molecule has 0 aliphatic carbocycles. The monoisotopic (exact) mass is 377 g/mol. The third-order valence-corrected chi connectivity index (χ3v) is 4.49. The first-order valence-electron chi connectivity index (χ1n) is 7.95. The first-order valence-corrected chi connectivity index (χ1v) is 8.71. The van der Waals surface area contributed by atoms with Crippen LogP contribution in [0.5, 0.6) is 0 Å². The number of pyridine rings is 1. The highest BCUT2D eigenvalue weighted by Gasteiger charge is 2.35. The Bertz CT molecular complexity index is 805. The summed E-state index contributed by atoms with van der Waals surface area (Å²) in [4.78, 5) is 31.2. The smallest absolute Gasteiger partial charge is 0.273 e. The Hall–Kier alpha value is -2.11. The maximum absolute atomic E-state index is 12.7. The van der Waals surface area contributed by atoms with Crippen molar-refractivity contribution < 1.29 is 9.59 Å². The summed E-state index contributed by atoms with van der Waals surface area (Å²) >= 11 is 11.9. The largest absolute Gasteiger partial charge is 0.325 e. The summed E-state index contributed by atoms with van der Waals surface area (Å²) in [5, 5.41) is 3.66. The molecule has 1 fully saturated rings. The third-order valence-electron chi connectivity index (χ3n) is 4.05. The molecular weight excluding hydrogens is 361 g/mol. The number of amides is 2. The number of hydrogen-bond acceptors (Lipinski definition) is 3. The number of rotatable bonds is 3. The molecule has 1 saturated heterocycles. The Morgan fingerprint density at radius 3 is 2.60 bits per heavy atom. The van der Waals surface area contributed by atoms with Gasteiger partial charge >= 0.3 is 0 Å². The van der Waals surface area contributed by atoms with Gasteiger partial charge in [0.1, 0.15) is 11.7 Å². The molecule has 2 aromatic rings. The highest BCUT2D eigenvalue weighted by molar-refractivity contribution is 6.35. The molecule has 25 heavy (non-hydrogen) atoms. The highest BCUT2D eigenvalue weighted by atomic mass is 35.5. The number of hydrogen-bond donors (Lipinski definition) is 1. The van der Waals surface area contributed by atoms with Crippen LogP contribution in [0.4, 0.5) is 5.69 Å². The molecule has 130 valence electrons. The second-order valence-electron chi connectivity index (χ2n) is 5.97. The van der Waals surface area contributed by atoms with E-state index in [1.807, 2.05) is 13.0 Å². The number of anilines is 1. The third kappa shape index (κ3) is 4.11. The molecule has 1 atom stereocenters. The van der Waals surface area contributed by atoms with Crippen LogP contribution in [-0.2, 0) is 4.79 Å². The van der Waals surface area contributed by atoms with Gasteiger partial charge in [-0.1, -0.05) is 29.3 Å². The fourth-order valence-electron chi connectivity index (χ4n) is 2.94. The molecule has 0 bridgehead atoms. The zero-order valence-corrected chi connectivity index (χ0v) is 15.1. The number of nitrogens with zero attached hydrogens (tertiary/aromatic N) is 2. The average molecular weight is 378 g/mol. The van der Waals surface area contributed by atoms with Crippen molar-refractivity contribution in [3.05, 3.63) is 57.8 Å². The molecule has 1 aliphatic heterocycles. The Kier molecular flexibility index (Phi) is 5.25. The number of halogens is 2. The SMILES string of the molecule is Cc1cccc(C(=O)N2CCC[C@@H]2C(=O)Nc2cc(Cl)cc(Cl)c2)n1. The van der Waals surface area contributed by atoms with Gasteiger partial charge in [0.25, 0.3) is 5.91 Å². The lowest BCUT2D eigenvalue weighted by Gasteiger charge is -2.23. The quantitative estimate of drug-likeness (QED) is 0.880. The van der Waals surface area contributed by atoms with Crippen molar-refractivity contribution in [1.29, 1.82) is 0 Å². The summed E-state index contributed by atoms with van der Waals surface area (Å²) in [6, 6.07) is 9.58. The number of aromatic nitrogens is 1. The van der Waals surface area contributed by atoms with Gasteiger partial charge in [0.15, 0.2) is 0 Å². The lowest BCUT2D eigenvalue weighted by Crippen LogP contribution is -2.43. The van der Waals surface area contributed by atoms with Crippen molar-refractivity contribution >= 4 is 40.7 Å². The van der Waals surface area contributed by atoms with E-state index in [9.17, 15) is 9.59 Å². The molecule has 1 aromatic carbocycles. The molecule has 2 amide bonds. The van der Waals surface area contributed by atoms with Gasteiger partial charge in [-0.2, -0.15) is 0 Å². The molecule has 0 radical (unpaired) electrons. The van der Waals surface area contributed by atoms with E-state index in [0.717, 1.165) is 12.1 Å². The normalized spacial score (nSPS) is 16.8. The topological polar surface area (TPSA) is 62.3 Å². The van der Waals surface area contributed by atoms with Gasteiger partial charge in [-0.25, -0.2) is 4.98 Å². The van der Waals surface area contributed by atoms with Gasteiger partial charge in [0.2, 0.25) is 5.91 Å². The fraction of sp³-hybridized carbons (Fsp3) is 0.278. The van der Waals surface area contributed by atoms with Gasteiger partial charge < -0.3 is 10.2 Å². The Morgan fingerprint density at radius 1 is 1.20 bits per heavy atom. The summed E-state index contributed by atoms with van der Waals surface area (Å²) in [6.07, 6.45) is 1.38. The summed E-state index contributed by atoms with van der Waals surface area (Å²) < 4.78 is 0. The molecular formula is C18H17Cl2N3O2. The minimum atomic E-state index is -0.535. The Morgan fingerprint density at radius 2 is 1.92 bits per heavy atom. The van der Waals surface area contributed by atoms with E-state index in [4.69, 9.17) is 23.2 Å². The Balaban J connectivity index is 1.76. The Labute approximate surface area is 155 Å². The fourth-order valence-corrected chi connectivity index (χ4v) is 3.47. The van der Waals surface area contributed by atoms with Crippen molar-refractivity contribution in [2.75, 3.05) is 11.9 Å². The second-order valence-corrected chi connectivity index (χ2v) is 6.84. The van der Waals surface area contributed by atoms with Crippen molar-refractivity contribution in [2.45, 2.75) is 25.8 Å². The van der Waals surface area contributed by atoms with Gasteiger partial charge in [0, 0.05) is 28.0 Å². The minimum Gasteiger partial charge on any atom is -0.325 e. The first kappa shape index (κ1) is 17.7. The lowest BCUT2D eigenvalue weighted by atomic mass is 10.2. The predicted molar refractivity (Wildman–Crippen MR) is 98.1 cm³/mol. The van der Waals surface area contributed by atoms with E-state index in [-0.39, 0.29) is 11.8 Å². The van der Waals surface area contributed by atoms with Crippen molar-refractivity contribution in [3.63, 3.8) is 0 Å². The van der Waals surface area contributed by atoms with Crippen LogP contribution < -0.4 is 5.32 Å². The summed E-state index contributed by atoms with van der Waals surface area (Å²) in [5.41, 5.74) is 1.63. The van der Waals surface area contributed by atoms with Crippen LogP contribution in [0.3, 0.4) is 0 Å². The number of carbonyl (C=O) groups is 2. The maximum atomic E-state index is 12.7. The van der Waals surface area contributed by atoms with Crippen LogP contribution >= 0.6 is 23.2 Å². The van der Waals surface area contributed by atoms with Crippen LogP contribution in [0.15, 0.2) is 36.4 Å². The number of nitrogens with one attached hydrogen (secondary N) is 1. The van der Waals surface area contributed by atoms with Crippen LogP contribution in [0.2, 0.25) is 10.0 Å². The molecule has 7 heteroatoms. The van der Waals surface area contributed by atoms with Crippen LogP contribution in [-0.4, -0.2) is 34.3 Å². The molecule has 0 unspecified atom stereocenters.